The maximum absolute atomic E-state index is 13.0. The third-order valence-corrected chi connectivity index (χ3v) is 5.74. The number of aryl methyl sites for hydroxylation is 1. The Labute approximate surface area is 162 Å². The molecule has 0 saturated heterocycles. The zero-order chi connectivity index (χ0) is 19.6. The Balaban J connectivity index is 1.97. The van der Waals surface area contributed by atoms with Crippen molar-refractivity contribution in [1.29, 1.82) is 0 Å². The van der Waals surface area contributed by atoms with E-state index in [1.54, 1.807) is 29.6 Å². The summed E-state index contributed by atoms with van der Waals surface area (Å²) in [5.41, 5.74) is 0.0938. The smallest absolute Gasteiger partial charge is 0.290 e. The van der Waals surface area contributed by atoms with Crippen molar-refractivity contribution in [2.45, 2.75) is 26.8 Å². The van der Waals surface area contributed by atoms with Gasteiger partial charge in [-0.05, 0) is 43.6 Å². The molecule has 1 atom stereocenters. The number of furan rings is 1. The van der Waals surface area contributed by atoms with Gasteiger partial charge in [-0.3, -0.25) is 9.59 Å². The molecule has 0 aromatic carbocycles. The van der Waals surface area contributed by atoms with Gasteiger partial charge in [0.1, 0.15) is 17.6 Å². The first-order chi connectivity index (χ1) is 13.0. The summed E-state index contributed by atoms with van der Waals surface area (Å²) in [6.07, 6.45) is 0. The zero-order valence-corrected chi connectivity index (χ0v) is 16.6. The van der Waals surface area contributed by atoms with Gasteiger partial charge in [0.25, 0.3) is 5.91 Å². The lowest BCUT2D eigenvalue weighted by molar-refractivity contribution is -0.129. The fourth-order valence-corrected chi connectivity index (χ4v) is 4.02. The van der Waals surface area contributed by atoms with Crippen LogP contribution in [0.3, 0.4) is 0 Å². The highest BCUT2D eigenvalue weighted by Crippen LogP contribution is 2.39. The number of thiophene rings is 1. The third-order valence-electron chi connectivity index (χ3n) is 4.88. The van der Waals surface area contributed by atoms with Gasteiger partial charge in [0.05, 0.1) is 10.5 Å². The van der Waals surface area contributed by atoms with E-state index >= 15 is 0 Å². The van der Waals surface area contributed by atoms with E-state index in [1.165, 1.54) is 16.2 Å². The van der Waals surface area contributed by atoms with E-state index in [4.69, 9.17) is 4.42 Å². The van der Waals surface area contributed by atoms with Gasteiger partial charge in [-0.25, -0.2) is 0 Å². The lowest BCUT2D eigenvalue weighted by Gasteiger charge is -2.27. The van der Waals surface area contributed by atoms with Crippen LogP contribution in [0.2, 0.25) is 0 Å². The van der Waals surface area contributed by atoms with Crippen molar-refractivity contribution < 1.29 is 19.1 Å². The molecule has 0 fully saturated rings. The molecule has 0 aliphatic carbocycles. The number of carbonyl (C=O) groups is 2. The summed E-state index contributed by atoms with van der Waals surface area (Å²) >= 11 is 1.29. The fraction of sp³-hybridized carbons (Fsp3) is 0.400. The lowest BCUT2D eigenvalue weighted by atomic mass is 10.0. The van der Waals surface area contributed by atoms with Crippen LogP contribution in [0.4, 0.5) is 0 Å². The van der Waals surface area contributed by atoms with Crippen molar-refractivity contribution >= 4 is 23.0 Å². The van der Waals surface area contributed by atoms with E-state index in [1.807, 2.05) is 6.92 Å². The number of aliphatic hydroxyl groups excluding tert-OH is 1. The predicted octanol–water partition coefficient (Wildman–Crippen LogP) is 3.57. The second kappa shape index (κ2) is 8.10. The van der Waals surface area contributed by atoms with Crippen molar-refractivity contribution in [3.63, 3.8) is 0 Å². The Morgan fingerprint density at radius 1 is 1.30 bits per heavy atom. The topological polar surface area (TPSA) is 74.0 Å². The first kappa shape index (κ1) is 19.4. The minimum atomic E-state index is -0.712. The Bertz CT molecular complexity index is 849. The molecule has 144 valence electrons. The van der Waals surface area contributed by atoms with E-state index in [2.05, 4.69) is 18.7 Å². The normalized spacial score (nSPS) is 17.4. The number of hydrogen-bond acceptors (Lipinski definition) is 6. The van der Waals surface area contributed by atoms with Crippen molar-refractivity contribution in [2.24, 2.45) is 0 Å². The maximum Gasteiger partial charge on any atom is 0.290 e. The minimum absolute atomic E-state index is 0.0938. The van der Waals surface area contributed by atoms with Crippen LogP contribution in [-0.4, -0.2) is 52.8 Å². The molecule has 1 aliphatic rings. The highest BCUT2D eigenvalue weighted by Gasteiger charge is 2.45. The standard InChI is InChI=1S/C20H24N2O4S/c1-4-21(5-2)10-11-22-17(14-9-8-13(3)26-14)16(19(24)20(22)25)18(23)15-7-6-12-27-15/h6-9,12,17,24H,4-5,10-11H2,1-3H3/t17-/m1/s1. The van der Waals surface area contributed by atoms with Crippen molar-refractivity contribution in [3.05, 3.63) is 57.4 Å². The van der Waals surface area contributed by atoms with Gasteiger partial charge in [-0.2, -0.15) is 0 Å². The number of ketones is 1. The number of aliphatic hydroxyl groups is 1. The lowest BCUT2D eigenvalue weighted by Crippen LogP contribution is -2.38. The van der Waals surface area contributed by atoms with Gasteiger partial charge in [-0.1, -0.05) is 19.9 Å². The first-order valence-electron chi connectivity index (χ1n) is 9.08. The molecule has 27 heavy (non-hydrogen) atoms. The van der Waals surface area contributed by atoms with Gasteiger partial charge in [0, 0.05) is 13.1 Å². The van der Waals surface area contributed by atoms with Crippen molar-refractivity contribution in [3.8, 4) is 0 Å². The average molecular weight is 388 g/mol. The Hall–Kier alpha value is -2.38. The van der Waals surface area contributed by atoms with Crippen molar-refractivity contribution in [1.82, 2.24) is 9.80 Å². The highest BCUT2D eigenvalue weighted by atomic mass is 32.1. The zero-order valence-electron chi connectivity index (χ0n) is 15.8. The number of amides is 1. The summed E-state index contributed by atoms with van der Waals surface area (Å²) in [5, 5.41) is 12.3. The summed E-state index contributed by atoms with van der Waals surface area (Å²) < 4.78 is 5.75. The molecule has 2 aromatic heterocycles. The highest BCUT2D eigenvalue weighted by molar-refractivity contribution is 7.12. The van der Waals surface area contributed by atoms with Gasteiger partial charge < -0.3 is 19.3 Å². The third kappa shape index (κ3) is 3.70. The van der Waals surface area contributed by atoms with E-state index in [-0.39, 0.29) is 11.4 Å². The number of rotatable bonds is 8. The number of carbonyl (C=O) groups excluding carboxylic acids is 2. The number of hydrogen-bond donors (Lipinski definition) is 1. The number of nitrogens with zero attached hydrogens (tertiary/aromatic N) is 2. The summed E-state index contributed by atoms with van der Waals surface area (Å²) in [4.78, 5) is 30.0. The van der Waals surface area contributed by atoms with Crippen LogP contribution in [-0.2, 0) is 4.79 Å². The number of likely N-dealkylation sites (N-methyl/N-ethyl adjacent to an activating group) is 1. The molecule has 0 unspecified atom stereocenters. The SMILES string of the molecule is CCN(CC)CCN1C(=O)C(O)=C(C(=O)c2cccs2)[C@H]1c1ccc(C)o1. The molecule has 1 N–H and O–H groups in total. The predicted molar refractivity (Wildman–Crippen MR) is 104 cm³/mol. The molecular weight excluding hydrogens is 364 g/mol. The van der Waals surface area contributed by atoms with Crippen LogP contribution in [0.1, 0.15) is 41.1 Å². The van der Waals surface area contributed by atoms with E-state index in [9.17, 15) is 14.7 Å². The molecule has 0 saturated carbocycles. The fourth-order valence-electron chi connectivity index (χ4n) is 3.34. The molecule has 1 amide bonds. The molecule has 2 aromatic rings. The van der Waals surface area contributed by atoms with Gasteiger partial charge in [-0.15, -0.1) is 11.3 Å². The summed E-state index contributed by atoms with van der Waals surface area (Å²) in [7, 11) is 0. The van der Waals surface area contributed by atoms with Crippen LogP contribution in [0.5, 0.6) is 0 Å². The average Bonchev–Trinajstić information content (AvgIpc) is 3.38. The minimum Gasteiger partial charge on any atom is -0.503 e. The molecule has 3 rings (SSSR count). The van der Waals surface area contributed by atoms with E-state index in [0.717, 1.165) is 13.1 Å². The van der Waals surface area contributed by atoms with Gasteiger partial charge in [0.15, 0.2) is 5.76 Å². The number of Topliss-reactive ketones (excluding diaryl/α,β-unsaturated/α-hetero) is 1. The second-order valence-corrected chi connectivity index (χ2v) is 7.39. The molecular formula is C20H24N2O4S. The quantitative estimate of drug-likeness (QED) is 0.700. The first-order valence-corrected chi connectivity index (χ1v) is 9.96. The molecule has 7 heteroatoms. The molecule has 3 heterocycles. The van der Waals surface area contributed by atoms with Gasteiger partial charge in [0.2, 0.25) is 5.78 Å². The van der Waals surface area contributed by atoms with E-state index in [0.29, 0.717) is 29.5 Å². The Kier molecular flexibility index (Phi) is 5.82. The van der Waals surface area contributed by atoms with E-state index < -0.39 is 17.7 Å². The largest absolute Gasteiger partial charge is 0.503 e. The molecule has 0 spiro atoms. The summed E-state index contributed by atoms with van der Waals surface area (Å²) in [5.74, 6) is -0.159. The molecule has 0 radical (unpaired) electrons. The van der Waals surface area contributed by atoms with Crippen LogP contribution in [0, 0.1) is 6.92 Å². The summed E-state index contributed by atoms with van der Waals surface area (Å²) in [6, 6.07) is 6.32. The Morgan fingerprint density at radius 2 is 2.04 bits per heavy atom. The maximum atomic E-state index is 13.0. The Morgan fingerprint density at radius 3 is 2.59 bits per heavy atom. The monoisotopic (exact) mass is 388 g/mol. The van der Waals surface area contributed by atoms with Crippen LogP contribution in [0.25, 0.3) is 0 Å². The molecule has 1 aliphatic heterocycles. The molecule has 0 bridgehead atoms. The van der Waals surface area contributed by atoms with Crippen LogP contribution >= 0.6 is 11.3 Å². The second-order valence-electron chi connectivity index (χ2n) is 6.45. The molecule has 6 nitrogen and oxygen atoms in total. The van der Waals surface area contributed by atoms with Crippen molar-refractivity contribution in [2.75, 3.05) is 26.2 Å². The van der Waals surface area contributed by atoms with Gasteiger partial charge >= 0.3 is 0 Å². The van der Waals surface area contributed by atoms with Crippen LogP contribution < -0.4 is 0 Å². The summed E-state index contributed by atoms with van der Waals surface area (Å²) in [6.45, 7) is 8.71. The van der Waals surface area contributed by atoms with Crippen LogP contribution in [0.15, 0.2) is 45.4 Å².